The molecule has 0 aromatic carbocycles. The van der Waals surface area contributed by atoms with E-state index in [1.54, 1.807) is 6.20 Å². The number of carbonyl (C=O) groups is 1. The summed E-state index contributed by atoms with van der Waals surface area (Å²) in [5.74, 6) is -0.253. The molecule has 0 bridgehead atoms. The van der Waals surface area contributed by atoms with Gasteiger partial charge >= 0.3 is 0 Å². The number of nitriles is 1. The second-order valence-corrected chi connectivity index (χ2v) is 6.15. The van der Waals surface area contributed by atoms with Gasteiger partial charge in [0.05, 0.1) is 11.8 Å². The Hall–Kier alpha value is -2.72. The third-order valence-corrected chi connectivity index (χ3v) is 4.61. The van der Waals surface area contributed by atoms with E-state index >= 15 is 0 Å². The van der Waals surface area contributed by atoms with Crippen LogP contribution in [0.3, 0.4) is 0 Å². The van der Waals surface area contributed by atoms with Crippen LogP contribution in [0.25, 0.3) is 22.3 Å². The number of hydrogen-bond donors (Lipinski definition) is 2. The lowest BCUT2D eigenvalue weighted by Gasteiger charge is -2.04. The quantitative estimate of drug-likeness (QED) is 0.777. The number of nitrogens with one attached hydrogen (secondary N) is 2. The van der Waals surface area contributed by atoms with Crippen LogP contribution >= 0.6 is 11.3 Å². The van der Waals surface area contributed by atoms with Crippen molar-refractivity contribution in [3.05, 3.63) is 29.9 Å². The SMILES string of the molecule is N#CC1(C(=O)Nc2nc(-c3c[nH]c4ncccc34)cs2)CC1. The van der Waals surface area contributed by atoms with E-state index in [4.69, 9.17) is 5.26 Å². The van der Waals surface area contributed by atoms with Crippen LogP contribution < -0.4 is 5.32 Å². The Morgan fingerprint density at radius 1 is 1.50 bits per heavy atom. The number of aromatic nitrogens is 3. The van der Waals surface area contributed by atoms with Crippen molar-refractivity contribution in [3.63, 3.8) is 0 Å². The van der Waals surface area contributed by atoms with Crippen molar-refractivity contribution >= 4 is 33.4 Å². The summed E-state index contributed by atoms with van der Waals surface area (Å²) in [4.78, 5) is 23.9. The number of amides is 1. The number of nitrogens with zero attached hydrogens (tertiary/aromatic N) is 3. The van der Waals surface area contributed by atoms with E-state index in [0.29, 0.717) is 18.0 Å². The molecule has 3 aromatic rings. The molecule has 7 heteroatoms. The first-order valence-corrected chi connectivity index (χ1v) is 7.70. The first-order valence-electron chi connectivity index (χ1n) is 6.83. The van der Waals surface area contributed by atoms with Gasteiger partial charge in [-0.1, -0.05) is 0 Å². The van der Waals surface area contributed by atoms with Crippen molar-refractivity contribution in [2.45, 2.75) is 12.8 Å². The van der Waals surface area contributed by atoms with Crippen molar-refractivity contribution in [1.82, 2.24) is 15.0 Å². The molecule has 1 aliphatic rings. The first kappa shape index (κ1) is 13.0. The van der Waals surface area contributed by atoms with Gasteiger partial charge < -0.3 is 10.3 Å². The maximum atomic E-state index is 12.1. The Labute approximate surface area is 129 Å². The molecular weight excluding hydrogens is 298 g/mol. The zero-order valence-electron chi connectivity index (χ0n) is 11.5. The summed E-state index contributed by atoms with van der Waals surface area (Å²) >= 11 is 1.35. The van der Waals surface area contributed by atoms with Gasteiger partial charge in [0.25, 0.3) is 0 Å². The number of anilines is 1. The minimum absolute atomic E-state index is 0.253. The van der Waals surface area contributed by atoms with Crippen LogP contribution in [0.1, 0.15) is 12.8 Å². The minimum atomic E-state index is -0.837. The maximum absolute atomic E-state index is 12.1. The lowest BCUT2D eigenvalue weighted by atomic mass is 10.1. The topological polar surface area (TPSA) is 94.5 Å². The number of hydrogen-bond acceptors (Lipinski definition) is 5. The van der Waals surface area contributed by atoms with E-state index in [-0.39, 0.29) is 5.91 Å². The molecule has 1 fully saturated rings. The Balaban J connectivity index is 1.62. The molecule has 4 rings (SSSR count). The fraction of sp³-hybridized carbons (Fsp3) is 0.200. The highest BCUT2D eigenvalue weighted by molar-refractivity contribution is 7.14. The second kappa shape index (κ2) is 4.64. The smallest absolute Gasteiger partial charge is 0.246 e. The summed E-state index contributed by atoms with van der Waals surface area (Å²) in [5.41, 5.74) is 1.69. The molecule has 0 atom stereocenters. The second-order valence-electron chi connectivity index (χ2n) is 5.29. The molecule has 0 aliphatic heterocycles. The molecule has 1 amide bonds. The zero-order chi connectivity index (χ0) is 15.2. The molecule has 2 N–H and O–H groups in total. The molecule has 0 saturated heterocycles. The third-order valence-electron chi connectivity index (χ3n) is 3.85. The lowest BCUT2D eigenvalue weighted by molar-refractivity contribution is -0.119. The van der Waals surface area contributed by atoms with E-state index in [1.165, 1.54) is 11.3 Å². The largest absolute Gasteiger partial charge is 0.345 e. The normalized spacial score (nSPS) is 15.4. The molecule has 0 radical (unpaired) electrons. The van der Waals surface area contributed by atoms with Gasteiger partial charge in [-0.25, -0.2) is 9.97 Å². The van der Waals surface area contributed by atoms with Gasteiger partial charge in [-0.15, -0.1) is 11.3 Å². The van der Waals surface area contributed by atoms with Gasteiger partial charge in [0.1, 0.15) is 11.1 Å². The van der Waals surface area contributed by atoms with Crippen molar-refractivity contribution in [2.24, 2.45) is 5.41 Å². The highest BCUT2D eigenvalue weighted by atomic mass is 32.1. The highest BCUT2D eigenvalue weighted by Gasteiger charge is 2.50. The number of H-pyrrole nitrogens is 1. The zero-order valence-corrected chi connectivity index (χ0v) is 12.3. The van der Waals surface area contributed by atoms with Gasteiger partial charge in [-0.3, -0.25) is 4.79 Å². The first-order chi connectivity index (χ1) is 10.7. The van der Waals surface area contributed by atoms with Crippen molar-refractivity contribution < 1.29 is 4.79 Å². The average molecular weight is 309 g/mol. The molecule has 6 nitrogen and oxygen atoms in total. The van der Waals surface area contributed by atoms with Crippen LogP contribution in [0.15, 0.2) is 29.9 Å². The number of aromatic amines is 1. The molecule has 0 spiro atoms. The molecule has 3 aromatic heterocycles. The Morgan fingerprint density at radius 2 is 2.36 bits per heavy atom. The van der Waals surface area contributed by atoms with E-state index < -0.39 is 5.41 Å². The monoisotopic (exact) mass is 309 g/mol. The summed E-state index contributed by atoms with van der Waals surface area (Å²) in [6, 6.07) is 5.93. The maximum Gasteiger partial charge on any atom is 0.246 e. The van der Waals surface area contributed by atoms with Crippen LogP contribution in [0.5, 0.6) is 0 Å². The molecule has 3 heterocycles. The molecule has 1 saturated carbocycles. The van der Waals surface area contributed by atoms with Gasteiger partial charge in [-0.05, 0) is 25.0 Å². The van der Waals surface area contributed by atoms with Gasteiger partial charge in [0.15, 0.2) is 5.13 Å². The van der Waals surface area contributed by atoms with Crippen LogP contribution in [0, 0.1) is 16.7 Å². The van der Waals surface area contributed by atoms with E-state index in [0.717, 1.165) is 22.3 Å². The summed E-state index contributed by atoms with van der Waals surface area (Å²) in [7, 11) is 0. The van der Waals surface area contributed by atoms with E-state index in [9.17, 15) is 4.79 Å². The van der Waals surface area contributed by atoms with Crippen LogP contribution in [0.4, 0.5) is 5.13 Å². The summed E-state index contributed by atoms with van der Waals surface area (Å²) in [6.45, 7) is 0. The number of fused-ring (bicyclic) bond motifs is 1. The Bertz CT molecular complexity index is 915. The minimum Gasteiger partial charge on any atom is -0.345 e. The van der Waals surface area contributed by atoms with Gasteiger partial charge in [0, 0.05) is 28.7 Å². The predicted octanol–water partition coefficient (Wildman–Crippen LogP) is 2.93. The number of rotatable bonds is 3. The van der Waals surface area contributed by atoms with Crippen LogP contribution in [-0.2, 0) is 4.79 Å². The lowest BCUT2D eigenvalue weighted by Crippen LogP contribution is -2.22. The Morgan fingerprint density at radius 3 is 3.14 bits per heavy atom. The number of pyridine rings is 1. The van der Waals surface area contributed by atoms with Crippen LogP contribution in [0.2, 0.25) is 0 Å². The van der Waals surface area contributed by atoms with Crippen molar-refractivity contribution in [3.8, 4) is 17.3 Å². The molecule has 108 valence electrons. The van der Waals surface area contributed by atoms with E-state index in [2.05, 4.69) is 26.3 Å². The summed E-state index contributed by atoms with van der Waals surface area (Å²) in [5, 5.41) is 15.2. The van der Waals surface area contributed by atoms with Gasteiger partial charge in [-0.2, -0.15) is 5.26 Å². The predicted molar refractivity (Wildman–Crippen MR) is 83.1 cm³/mol. The van der Waals surface area contributed by atoms with Crippen LogP contribution in [-0.4, -0.2) is 20.9 Å². The van der Waals surface area contributed by atoms with Crippen molar-refractivity contribution in [2.75, 3.05) is 5.32 Å². The summed E-state index contributed by atoms with van der Waals surface area (Å²) < 4.78 is 0. The number of thiazole rings is 1. The average Bonchev–Trinajstić information content (AvgIpc) is 3.02. The molecule has 0 unspecified atom stereocenters. The standard InChI is InChI=1S/C15H11N5OS/c16-8-15(3-4-15)13(21)20-14-19-11(7-22-14)10-6-18-12-9(10)2-1-5-17-12/h1-2,5-7H,3-4H2,(H,17,18)(H,19,20,21). The fourth-order valence-electron chi connectivity index (χ4n) is 2.35. The summed E-state index contributed by atoms with van der Waals surface area (Å²) in [6.07, 6.45) is 4.84. The fourth-order valence-corrected chi connectivity index (χ4v) is 3.06. The molecular formula is C15H11N5OS. The third kappa shape index (κ3) is 1.96. The van der Waals surface area contributed by atoms with E-state index in [1.807, 2.05) is 23.7 Å². The Kier molecular flexibility index (Phi) is 2.74. The highest BCUT2D eigenvalue weighted by Crippen LogP contribution is 2.46. The molecule has 1 aliphatic carbocycles. The molecule has 22 heavy (non-hydrogen) atoms. The van der Waals surface area contributed by atoms with Crippen molar-refractivity contribution in [1.29, 1.82) is 5.26 Å². The number of carbonyl (C=O) groups excluding carboxylic acids is 1. The van der Waals surface area contributed by atoms with Gasteiger partial charge in [0.2, 0.25) is 5.91 Å².